The summed E-state index contributed by atoms with van der Waals surface area (Å²) in [5.41, 5.74) is 0. The first-order valence-electron chi connectivity index (χ1n) is 10.7. The molecule has 0 aromatic carbocycles. The summed E-state index contributed by atoms with van der Waals surface area (Å²) in [5, 5.41) is 0. The van der Waals surface area contributed by atoms with Gasteiger partial charge in [-0.25, -0.2) is 0 Å². The molecule has 0 aromatic rings. The lowest BCUT2D eigenvalue weighted by Crippen LogP contribution is -2.24. The normalized spacial score (nSPS) is 23.1. The van der Waals surface area contributed by atoms with Gasteiger partial charge >= 0.3 is 0 Å². The van der Waals surface area contributed by atoms with Crippen LogP contribution in [0.15, 0.2) is 0 Å². The first-order valence-corrected chi connectivity index (χ1v) is 10.7. The molecule has 2 unspecified atom stereocenters. The third kappa shape index (κ3) is 13.0. The average molecular weight is 407 g/mol. The summed E-state index contributed by atoms with van der Waals surface area (Å²) in [7, 11) is 0. The number of hydrogen-bond donors (Lipinski definition) is 0. The van der Waals surface area contributed by atoms with Gasteiger partial charge in [-0.3, -0.25) is 0 Å². The number of ether oxygens (including phenoxy) is 8. The number of hydrogen-bond acceptors (Lipinski definition) is 8. The molecular formula is C20H38O8. The fraction of sp³-hybridized carbons (Fsp3) is 1.00. The van der Waals surface area contributed by atoms with Crippen molar-refractivity contribution in [3.63, 3.8) is 0 Å². The maximum Gasteiger partial charge on any atom is 0.157 e. The van der Waals surface area contributed by atoms with E-state index in [1.165, 1.54) is 12.8 Å². The fourth-order valence-corrected chi connectivity index (χ4v) is 2.92. The molecule has 28 heavy (non-hydrogen) atoms. The predicted octanol–water partition coefficient (Wildman–Crippen LogP) is 2.14. The highest BCUT2D eigenvalue weighted by Gasteiger charge is 2.14. The van der Waals surface area contributed by atoms with Crippen molar-refractivity contribution >= 4 is 0 Å². The maximum absolute atomic E-state index is 5.59. The van der Waals surface area contributed by atoms with Crippen molar-refractivity contribution in [1.82, 2.24) is 0 Å². The first-order chi connectivity index (χ1) is 13.9. The van der Waals surface area contributed by atoms with Crippen LogP contribution in [0.4, 0.5) is 0 Å². The van der Waals surface area contributed by atoms with E-state index in [0.29, 0.717) is 66.1 Å². The van der Waals surface area contributed by atoms with E-state index in [0.717, 1.165) is 38.9 Å². The molecule has 0 aliphatic carbocycles. The highest BCUT2D eigenvalue weighted by Crippen LogP contribution is 2.14. The molecule has 2 aliphatic rings. The molecule has 0 bridgehead atoms. The van der Waals surface area contributed by atoms with Crippen molar-refractivity contribution in [2.45, 2.75) is 51.1 Å². The van der Waals surface area contributed by atoms with Gasteiger partial charge in [-0.1, -0.05) is 0 Å². The molecule has 8 heteroatoms. The zero-order chi connectivity index (χ0) is 19.5. The molecule has 8 nitrogen and oxygen atoms in total. The standard InChI is InChI=1S/C20H38O8/c1-3-7-25-19(5-1)27-17-15-23-13-11-21-9-10-22-12-14-24-16-18-28-20-6-2-4-8-26-20/h19-20H,1-18H2. The van der Waals surface area contributed by atoms with Crippen molar-refractivity contribution < 1.29 is 37.9 Å². The quantitative estimate of drug-likeness (QED) is 0.340. The molecule has 2 atom stereocenters. The third-order valence-electron chi connectivity index (χ3n) is 4.45. The Bertz CT molecular complexity index is 300. The zero-order valence-electron chi connectivity index (χ0n) is 17.1. The van der Waals surface area contributed by atoms with E-state index in [9.17, 15) is 0 Å². The van der Waals surface area contributed by atoms with Crippen LogP contribution in [-0.2, 0) is 37.9 Å². The Hall–Kier alpha value is -0.320. The largest absolute Gasteiger partial charge is 0.377 e. The van der Waals surface area contributed by atoms with E-state index in [-0.39, 0.29) is 12.6 Å². The van der Waals surface area contributed by atoms with E-state index >= 15 is 0 Å². The molecule has 0 radical (unpaired) electrons. The minimum atomic E-state index is -0.0480. The summed E-state index contributed by atoms with van der Waals surface area (Å²) in [6.45, 7) is 7.19. The summed E-state index contributed by atoms with van der Waals surface area (Å²) < 4.78 is 44.0. The Morgan fingerprint density at radius 2 is 0.821 bits per heavy atom. The van der Waals surface area contributed by atoms with Crippen LogP contribution >= 0.6 is 0 Å². The molecule has 0 N–H and O–H groups in total. The molecule has 0 spiro atoms. The van der Waals surface area contributed by atoms with Gasteiger partial charge in [0.2, 0.25) is 0 Å². The minimum absolute atomic E-state index is 0.0480. The summed E-state index contributed by atoms with van der Waals surface area (Å²) in [6.07, 6.45) is 6.50. The van der Waals surface area contributed by atoms with Gasteiger partial charge in [0.15, 0.2) is 12.6 Å². The smallest absolute Gasteiger partial charge is 0.157 e. The zero-order valence-corrected chi connectivity index (χ0v) is 17.1. The third-order valence-corrected chi connectivity index (χ3v) is 4.45. The van der Waals surface area contributed by atoms with Crippen LogP contribution in [0.25, 0.3) is 0 Å². The lowest BCUT2D eigenvalue weighted by molar-refractivity contribution is -0.170. The Labute approximate surface area is 169 Å². The van der Waals surface area contributed by atoms with Gasteiger partial charge in [0, 0.05) is 13.2 Å². The van der Waals surface area contributed by atoms with Crippen LogP contribution in [0.5, 0.6) is 0 Å². The van der Waals surface area contributed by atoms with Gasteiger partial charge in [0.1, 0.15) is 0 Å². The molecule has 0 aromatic heterocycles. The molecule has 2 fully saturated rings. The predicted molar refractivity (Wildman–Crippen MR) is 102 cm³/mol. The lowest BCUT2D eigenvalue weighted by atomic mass is 10.2. The van der Waals surface area contributed by atoms with Crippen molar-refractivity contribution in [1.29, 1.82) is 0 Å². The van der Waals surface area contributed by atoms with Crippen LogP contribution in [-0.4, -0.2) is 91.9 Å². The van der Waals surface area contributed by atoms with Crippen molar-refractivity contribution in [3.8, 4) is 0 Å². The Morgan fingerprint density at radius 1 is 0.464 bits per heavy atom. The lowest BCUT2D eigenvalue weighted by Gasteiger charge is -2.22. The van der Waals surface area contributed by atoms with Crippen LogP contribution < -0.4 is 0 Å². The molecule has 2 heterocycles. The van der Waals surface area contributed by atoms with Gasteiger partial charge in [-0.2, -0.15) is 0 Å². The minimum Gasteiger partial charge on any atom is -0.377 e. The second-order valence-electron chi connectivity index (χ2n) is 6.78. The summed E-state index contributed by atoms with van der Waals surface area (Å²) in [4.78, 5) is 0. The number of rotatable bonds is 17. The molecule has 2 aliphatic heterocycles. The first kappa shape index (κ1) is 24.0. The van der Waals surface area contributed by atoms with E-state index in [4.69, 9.17) is 37.9 Å². The SMILES string of the molecule is C1CCC(OCCOCCOCCOCCOCCOC2CCCCO2)OC1. The van der Waals surface area contributed by atoms with Crippen molar-refractivity contribution in [2.24, 2.45) is 0 Å². The topological polar surface area (TPSA) is 73.8 Å². The van der Waals surface area contributed by atoms with Gasteiger partial charge in [0.25, 0.3) is 0 Å². The van der Waals surface area contributed by atoms with Gasteiger partial charge in [0.05, 0.1) is 66.1 Å². The van der Waals surface area contributed by atoms with Crippen LogP contribution in [0.3, 0.4) is 0 Å². The van der Waals surface area contributed by atoms with E-state index < -0.39 is 0 Å². The molecule has 0 saturated carbocycles. The molecular weight excluding hydrogens is 368 g/mol. The fourth-order valence-electron chi connectivity index (χ4n) is 2.92. The van der Waals surface area contributed by atoms with E-state index in [2.05, 4.69) is 0 Å². The average Bonchev–Trinajstić information content (AvgIpc) is 2.75. The highest BCUT2D eigenvalue weighted by molar-refractivity contribution is 4.54. The summed E-state index contributed by atoms with van der Waals surface area (Å²) >= 11 is 0. The maximum atomic E-state index is 5.59. The van der Waals surface area contributed by atoms with Crippen LogP contribution in [0.2, 0.25) is 0 Å². The van der Waals surface area contributed by atoms with Crippen molar-refractivity contribution in [3.05, 3.63) is 0 Å². The molecule has 0 amide bonds. The van der Waals surface area contributed by atoms with Gasteiger partial charge in [-0.15, -0.1) is 0 Å². The van der Waals surface area contributed by atoms with Crippen molar-refractivity contribution in [2.75, 3.05) is 79.3 Å². The second-order valence-corrected chi connectivity index (χ2v) is 6.78. The van der Waals surface area contributed by atoms with Crippen LogP contribution in [0, 0.1) is 0 Å². The molecule has 2 rings (SSSR count). The molecule has 166 valence electrons. The van der Waals surface area contributed by atoms with Gasteiger partial charge in [-0.05, 0) is 38.5 Å². The Kier molecular flexibility index (Phi) is 15.0. The summed E-state index contributed by atoms with van der Waals surface area (Å²) in [6, 6.07) is 0. The Balaban J connectivity index is 1.20. The summed E-state index contributed by atoms with van der Waals surface area (Å²) in [5.74, 6) is 0. The Morgan fingerprint density at radius 3 is 1.14 bits per heavy atom. The monoisotopic (exact) mass is 406 g/mol. The second kappa shape index (κ2) is 17.5. The molecule has 2 saturated heterocycles. The van der Waals surface area contributed by atoms with E-state index in [1.54, 1.807) is 0 Å². The van der Waals surface area contributed by atoms with Crippen LogP contribution in [0.1, 0.15) is 38.5 Å². The van der Waals surface area contributed by atoms with E-state index in [1.807, 2.05) is 0 Å². The van der Waals surface area contributed by atoms with Gasteiger partial charge < -0.3 is 37.9 Å². The highest BCUT2D eigenvalue weighted by atomic mass is 16.7.